The van der Waals surface area contributed by atoms with Crippen LogP contribution in [0.2, 0.25) is 0 Å². The van der Waals surface area contributed by atoms with Gasteiger partial charge < -0.3 is 9.84 Å². The number of phenolic OH excluding ortho intramolecular Hbond substituents is 1. The summed E-state index contributed by atoms with van der Waals surface area (Å²) in [6.45, 7) is 0. The molecule has 4 aliphatic rings. The van der Waals surface area contributed by atoms with E-state index >= 15 is 0 Å². The third-order valence-corrected chi connectivity index (χ3v) is 11.4. The predicted molar refractivity (Wildman–Crippen MR) is 161 cm³/mol. The Kier molecular flexibility index (Phi) is 7.08. The number of ether oxygens (including phenoxy) is 1. The minimum absolute atomic E-state index is 0.118. The molecular formula is C29H19Br4NO6. The zero-order valence-corrected chi connectivity index (χ0v) is 27.1. The van der Waals surface area contributed by atoms with Crippen molar-refractivity contribution in [2.75, 3.05) is 12.0 Å². The highest BCUT2D eigenvalue weighted by molar-refractivity contribution is 9.13. The highest BCUT2D eigenvalue weighted by Gasteiger charge is 2.57. The first kappa shape index (κ1) is 27.8. The lowest BCUT2D eigenvalue weighted by Crippen LogP contribution is -2.39. The van der Waals surface area contributed by atoms with E-state index in [1.54, 1.807) is 30.3 Å². The molecule has 0 radical (unpaired) electrons. The minimum atomic E-state index is -0.701. The van der Waals surface area contributed by atoms with Crippen molar-refractivity contribution in [3.8, 4) is 11.5 Å². The number of aromatic hydroxyl groups is 1. The molecule has 4 unspecified atom stereocenters. The second kappa shape index (κ2) is 10.2. The Morgan fingerprint density at radius 2 is 1.65 bits per heavy atom. The average Bonchev–Trinajstić information content (AvgIpc) is 3.20. The molecule has 0 saturated carbocycles. The first-order chi connectivity index (χ1) is 19.0. The molecule has 4 atom stereocenters. The summed E-state index contributed by atoms with van der Waals surface area (Å²) >= 11 is 13.6. The van der Waals surface area contributed by atoms with Crippen LogP contribution in [0.4, 0.5) is 5.69 Å². The summed E-state index contributed by atoms with van der Waals surface area (Å²) in [6.07, 6.45) is 3.71. The molecule has 0 bridgehead atoms. The van der Waals surface area contributed by atoms with E-state index in [9.17, 15) is 24.3 Å². The van der Waals surface area contributed by atoms with Crippen LogP contribution in [0.15, 0.2) is 77.1 Å². The molecule has 3 aliphatic carbocycles. The number of Topliss-reactive ketones (excluding diaryl/α,β-unsaturated/α-hetero) is 1. The Hall–Kier alpha value is -2.34. The lowest BCUT2D eigenvalue weighted by atomic mass is 9.59. The van der Waals surface area contributed by atoms with E-state index in [2.05, 4.69) is 63.7 Å². The van der Waals surface area contributed by atoms with E-state index < -0.39 is 23.7 Å². The Morgan fingerprint density at radius 3 is 2.33 bits per heavy atom. The molecule has 1 fully saturated rings. The topological polar surface area (TPSA) is 101 Å². The molecule has 2 aromatic carbocycles. The number of rotatable bonds is 3. The number of carbonyl (C=O) groups excluding carboxylic acids is 4. The second-order valence-electron chi connectivity index (χ2n) is 10.0. The number of phenols is 1. The molecule has 1 N–H and O–H groups in total. The lowest BCUT2D eigenvalue weighted by molar-refractivity contribution is -0.123. The molecular weight excluding hydrogens is 778 g/mol. The molecule has 1 aliphatic heterocycles. The Balaban J connectivity index is 1.53. The molecule has 0 aromatic heterocycles. The Labute approximate surface area is 262 Å². The van der Waals surface area contributed by atoms with Gasteiger partial charge in [-0.2, -0.15) is 0 Å². The number of ketones is 2. The number of amides is 2. The number of benzene rings is 2. The highest BCUT2D eigenvalue weighted by Crippen LogP contribution is 2.58. The number of imide groups is 1. The summed E-state index contributed by atoms with van der Waals surface area (Å²) in [5.74, 6) is -3.61. The van der Waals surface area contributed by atoms with Gasteiger partial charge in [0.15, 0.2) is 23.1 Å². The molecule has 2 aromatic rings. The van der Waals surface area contributed by atoms with E-state index in [0.29, 0.717) is 37.8 Å². The van der Waals surface area contributed by atoms with Crippen LogP contribution in [-0.2, 0) is 19.2 Å². The highest BCUT2D eigenvalue weighted by atomic mass is 79.9. The van der Waals surface area contributed by atoms with Crippen LogP contribution in [0.1, 0.15) is 24.3 Å². The van der Waals surface area contributed by atoms with Crippen molar-refractivity contribution in [3.05, 3.63) is 82.7 Å². The van der Waals surface area contributed by atoms with Crippen LogP contribution in [0.25, 0.3) is 0 Å². The van der Waals surface area contributed by atoms with E-state index in [1.165, 1.54) is 18.1 Å². The van der Waals surface area contributed by atoms with Crippen molar-refractivity contribution in [1.29, 1.82) is 0 Å². The fourth-order valence-electron chi connectivity index (χ4n) is 6.38. The maximum Gasteiger partial charge on any atom is 0.238 e. The van der Waals surface area contributed by atoms with Crippen molar-refractivity contribution < 1.29 is 29.0 Å². The van der Waals surface area contributed by atoms with E-state index in [1.807, 2.05) is 6.08 Å². The van der Waals surface area contributed by atoms with Crippen molar-refractivity contribution in [2.24, 2.45) is 17.8 Å². The van der Waals surface area contributed by atoms with Gasteiger partial charge in [0.05, 0.1) is 33.6 Å². The SMILES string of the molecule is COc1cc(C2C3=CCC4C(=O)N(c5ccc(Br)cc5)C(=O)C4C3CC3=C2C(=O)C=C(Br)C3=O)c(Br)c(Br)c1O. The molecule has 2 amide bonds. The third kappa shape index (κ3) is 4.06. The summed E-state index contributed by atoms with van der Waals surface area (Å²) in [4.78, 5) is 55.7. The quantitative estimate of drug-likeness (QED) is 0.212. The van der Waals surface area contributed by atoms with Crippen molar-refractivity contribution in [3.63, 3.8) is 0 Å². The maximum atomic E-state index is 14.0. The van der Waals surface area contributed by atoms with Gasteiger partial charge in [-0.25, -0.2) is 0 Å². The summed E-state index contributed by atoms with van der Waals surface area (Å²) in [5.41, 5.74) is 2.54. The first-order valence-electron chi connectivity index (χ1n) is 12.3. The van der Waals surface area contributed by atoms with E-state index in [4.69, 9.17) is 4.74 Å². The molecule has 1 saturated heterocycles. The number of halogens is 4. The van der Waals surface area contributed by atoms with Crippen LogP contribution in [0.3, 0.4) is 0 Å². The smallest absolute Gasteiger partial charge is 0.238 e. The van der Waals surface area contributed by atoms with Crippen LogP contribution in [0.5, 0.6) is 11.5 Å². The molecule has 11 heteroatoms. The monoisotopic (exact) mass is 793 g/mol. The van der Waals surface area contributed by atoms with Crippen molar-refractivity contribution in [2.45, 2.75) is 18.8 Å². The van der Waals surface area contributed by atoms with Gasteiger partial charge in [0.2, 0.25) is 11.8 Å². The molecule has 7 nitrogen and oxygen atoms in total. The third-order valence-electron chi connectivity index (χ3n) is 8.12. The number of anilines is 1. The van der Waals surface area contributed by atoms with Crippen LogP contribution < -0.4 is 9.64 Å². The molecule has 1 heterocycles. The molecule has 0 spiro atoms. The largest absolute Gasteiger partial charge is 0.503 e. The van der Waals surface area contributed by atoms with Crippen molar-refractivity contribution in [1.82, 2.24) is 0 Å². The van der Waals surface area contributed by atoms with E-state index in [0.717, 1.165) is 10.0 Å². The van der Waals surface area contributed by atoms with Crippen LogP contribution >= 0.6 is 63.7 Å². The molecule has 40 heavy (non-hydrogen) atoms. The lowest BCUT2D eigenvalue weighted by Gasteiger charge is -2.42. The molecule has 204 valence electrons. The Bertz CT molecular complexity index is 1640. The summed E-state index contributed by atoms with van der Waals surface area (Å²) in [5, 5.41) is 10.6. The van der Waals surface area contributed by atoms with Crippen LogP contribution in [0, 0.1) is 17.8 Å². The normalized spacial score (nSPS) is 25.9. The number of fused-ring (bicyclic) bond motifs is 3. The van der Waals surface area contributed by atoms with E-state index in [-0.39, 0.29) is 45.8 Å². The molecule has 6 rings (SSSR count). The second-order valence-corrected chi connectivity index (χ2v) is 13.4. The maximum absolute atomic E-state index is 14.0. The van der Waals surface area contributed by atoms with Crippen LogP contribution in [-0.4, -0.2) is 35.6 Å². The fourth-order valence-corrected chi connectivity index (χ4v) is 8.05. The standard InChI is InChI=1S/C29H19Br4NO6/c1-40-20-9-16(24(32)25(33)27(20)37)21-13-6-7-14-22(15(13)8-17-23(21)19(35)10-18(31)26(17)36)29(39)34(28(14)38)12-4-2-11(30)3-5-12/h2-6,9-10,14-15,21-22,37H,7-8H2,1H3. The number of methoxy groups -OCH3 is 1. The van der Waals surface area contributed by atoms with Gasteiger partial charge in [0, 0.05) is 32.1 Å². The number of allylic oxidation sites excluding steroid dienone is 6. The average molecular weight is 797 g/mol. The summed E-state index contributed by atoms with van der Waals surface area (Å²) < 4.78 is 7.21. The van der Waals surface area contributed by atoms with Gasteiger partial charge in [-0.3, -0.25) is 24.1 Å². The predicted octanol–water partition coefficient (Wildman–Crippen LogP) is 6.65. The zero-order chi connectivity index (χ0) is 28.6. The summed E-state index contributed by atoms with van der Waals surface area (Å²) in [6, 6.07) is 8.63. The van der Waals surface area contributed by atoms with Gasteiger partial charge in [-0.1, -0.05) is 27.6 Å². The van der Waals surface area contributed by atoms with Gasteiger partial charge >= 0.3 is 0 Å². The Morgan fingerprint density at radius 1 is 0.950 bits per heavy atom. The van der Waals surface area contributed by atoms with Gasteiger partial charge in [-0.05, 0) is 102 Å². The number of nitrogens with zero attached hydrogens (tertiary/aromatic N) is 1. The zero-order valence-electron chi connectivity index (χ0n) is 20.7. The first-order valence-corrected chi connectivity index (χ1v) is 15.5. The van der Waals surface area contributed by atoms with Gasteiger partial charge in [-0.15, -0.1) is 0 Å². The number of hydrogen-bond acceptors (Lipinski definition) is 6. The minimum Gasteiger partial charge on any atom is -0.503 e. The fraction of sp³-hybridized carbons (Fsp3) is 0.241. The van der Waals surface area contributed by atoms with Gasteiger partial charge in [0.1, 0.15) is 0 Å². The number of hydrogen-bond donors (Lipinski definition) is 1. The number of carbonyl (C=O) groups is 4. The van der Waals surface area contributed by atoms with Crippen molar-refractivity contribution >= 4 is 92.8 Å². The van der Waals surface area contributed by atoms with Gasteiger partial charge in [0.25, 0.3) is 0 Å². The summed E-state index contributed by atoms with van der Waals surface area (Å²) in [7, 11) is 1.42.